The Labute approximate surface area is 120 Å². The number of rotatable bonds is 2. The van der Waals surface area contributed by atoms with E-state index in [1.165, 1.54) is 22.8 Å². The van der Waals surface area contributed by atoms with E-state index in [0.29, 0.717) is 5.69 Å². The first-order valence-electron chi connectivity index (χ1n) is 6.57. The summed E-state index contributed by atoms with van der Waals surface area (Å²) in [5, 5.41) is 7.08. The van der Waals surface area contributed by atoms with Crippen molar-refractivity contribution >= 4 is 0 Å². The highest BCUT2D eigenvalue weighted by Crippen LogP contribution is 2.24. The fraction of sp³-hybridized carbons (Fsp3) is 0.125. The highest BCUT2D eigenvalue weighted by atomic mass is 19.1. The van der Waals surface area contributed by atoms with E-state index in [1.54, 1.807) is 24.4 Å². The van der Waals surface area contributed by atoms with Gasteiger partial charge < -0.3 is 0 Å². The van der Waals surface area contributed by atoms with Gasteiger partial charge >= 0.3 is 0 Å². The minimum absolute atomic E-state index is 0.205. The van der Waals surface area contributed by atoms with Crippen molar-refractivity contribution in [3.8, 4) is 16.8 Å². The number of halogens is 1. The van der Waals surface area contributed by atoms with E-state index in [2.05, 4.69) is 10.2 Å². The number of aromatic nitrogens is 3. The molecule has 0 saturated heterocycles. The van der Waals surface area contributed by atoms with E-state index in [-0.39, 0.29) is 11.4 Å². The first-order chi connectivity index (χ1) is 10.1. The Morgan fingerprint density at radius 1 is 1.19 bits per heavy atom. The second-order valence-electron chi connectivity index (χ2n) is 4.91. The van der Waals surface area contributed by atoms with Crippen molar-refractivity contribution in [2.24, 2.45) is 0 Å². The van der Waals surface area contributed by atoms with Gasteiger partial charge in [0.2, 0.25) is 0 Å². The predicted molar refractivity (Wildman–Crippen MR) is 79.1 cm³/mol. The van der Waals surface area contributed by atoms with Crippen molar-refractivity contribution in [2.45, 2.75) is 13.8 Å². The van der Waals surface area contributed by atoms with E-state index in [1.807, 2.05) is 13.8 Å². The van der Waals surface area contributed by atoms with Gasteiger partial charge in [-0.1, -0.05) is 6.07 Å². The molecule has 21 heavy (non-hydrogen) atoms. The van der Waals surface area contributed by atoms with Gasteiger partial charge in [0, 0.05) is 29.1 Å². The maximum atomic E-state index is 13.4. The highest BCUT2D eigenvalue weighted by molar-refractivity contribution is 5.67. The average molecular weight is 283 g/mol. The molecule has 4 nitrogen and oxygen atoms in total. The van der Waals surface area contributed by atoms with Crippen molar-refractivity contribution in [3.05, 3.63) is 70.2 Å². The van der Waals surface area contributed by atoms with Crippen LogP contribution in [0.5, 0.6) is 0 Å². The van der Waals surface area contributed by atoms with Gasteiger partial charge in [0.05, 0.1) is 11.4 Å². The number of benzene rings is 1. The van der Waals surface area contributed by atoms with Gasteiger partial charge in [-0.05, 0) is 38.1 Å². The molecule has 2 heterocycles. The van der Waals surface area contributed by atoms with E-state index < -0.39 is 0 Å². The third kappa shape index (κ3) is 2.38. The lowest BCUT2D eigenvalue weighted by molar-refractivity contribution is 0.626. The van der Waals surface area contributed by atoms with Crippen LogP contribution in [-0.4, -0.2) is 14.8 Å². The summed E-state index contributed by atoms with van der Waals surface area (Å²) < 4.78 is 14.8. The van der Waals surface area contributed by atoms with E-state index >= 15 is 0 Å². The zero-order valence-corrected chi connectivity index (χ0v) is 11.7. The first-order valence-corrected chi connectivity index (χ1v) is 6.57. The van der Waals surface area contributed by atoms with Gasteiger partial charge in [-0.15, -0.1) is 0 Å². The van der Waals surface area contributed by atoms with Gasteiger partial charge in [-0.25, -0.2) is 4.39 Å². The fourth-order valence-electron chi connectivity index (χ4n) is 2.44. The van der Waals surface area contributed by atoms with E-state index in [0.717, 1.165) is 22.5 Å². The molecule has 1 aromatic carbocycles. The van der Waals surface area contributed by atoms with Gasteiger partial charge in [0.1, 0.15) is 5.82 Å². The van der Waals surface area contributed by atoms with Crippen LogP contribution in [0.15, 0.2) is 47.4 Å². The van der Waals surface area contributed by atoms with Crippen molar-refractivity contribution in [2.75, 3.05) is 0 Å². The van der Waals surface area contributed by atoms with Crippen LogP contribution in [0.1, 0.15) is 11.4 Å². The quantitative estimate of drug-likeness (QED) is 0.786. The van der Waals surface area contributed by atoms with Crippen LogP contribution in [0.3, 0.4) is 0 Å². The molecule has 0 bridgehead atoms. The number of aryl methyl sites for hydroxylation is 2. The minimum atomic E-state index is -0.375. The Morgan fingerprint density at radius 3 is 2.67 bits per heavy atom. The molecule has 1 N–H and O–H groups in total. The lowest BCUT2D eigenvalue weighted by Gasteiger charge is -2.09. The molecule has 5 heteroatoms. The van der Waals surface area contributed by atoms with Crippen LogP contribution < -0.4 is 5.56 Å². The number of pyridine rings is 1. The second kappa shape index (κ2) is 5.01. The van der Waals surface area contributed by atoms with Gasteiger partial charge in [0.15, 0.2) is 0 Å². The normalized spacial score (nSPS) is 10.8. The van der Waals surface area contributed by atoms with E-state index in [4.69, 9.17) is 0 Å². The number of hydrogen-bond donors (Lipinski definition) is 1. The van der Waals surface area contributed by atoms with Crippen LogP contribution in [0, 0.1) is 19.7 Å². The van der Waals surface area contributed by atoms with Crippen LogP contribution >= 0.6 is 0 Å². The molecule has 0 radical (unpaired) electrons. The molecular formula is C16H14FN3O. The molecule has 0 unspecified atom stereocenters. The summed E-state index contributed by atoms with van der Waals surface area (Å²) in [6.45, 7) is 3.82. The maximum Gasteiger partial charge on any atom is 0.255 e. The average Bonchev–Trinajstić information content (AvgIpc) is 2.79. The number of nitrogens with one attached hydrogen (secondary N) is 1. The topological polar surface area (TPSA) is 50.7 Å². The maximum absolute atomic E-state index is 13.4. The number of hydrogen-bond acceptors (Lipinski definition) is 2. The number of H-pyrrole nitrogens is 1. The molecule has 0 spiro atoms. The summed E-state index contributed by atoms with van der Waals surface area (Å²) in [6, 6.07) is 9.19. The lowest BCUT2D eigenvalue weighted by atomic mass is 10.1. The molecule has 0 saturated carbocycles. The molecule has 3 rings (SSSR count). The molecular weight excluding hydrogens is 269 g/mol. The van der Waals surface area contributed by atoms with Crippen molar-refractivity contribution in [1.29, 1.82) is 0 Å². The largest absolute Gasteiger partial charge is 0.284 e. The van der Waals surface area contributed by atoms with Crippen LogP contribution in [-0.2, 0) is 0 Å². The van der Waals surface area contributed by atoms with E-state index in [9.17, 15) is 9.18 Å². The summed E-state index contributed by atoms with van der Waals surface area (Å²) in [6.07, 6.45) is 1.71. The van der Waals surface area contributed by atoms with Crippen molar-refractivity contribution in [1.82, 2.24) is 14.8 Å². The smallest absolute Gasteiger partial charge is 0.255 e. The molecule has 2 aromatic heterocycles. The zero-order chi connectivity index (χ0) is 15.0. The molecule has 0 aliphatic rings. The Bertz CT molecular complexity index is 844. The minimum Gasteiger partial charge on any atom is -0.284 e. The fourth-order valence-corrected chi connectivity index (χ4v) is 2.44. The summed E-state index contributed by atoms with van der Waals surface area (Å²) >= 11 is 0. The van der Waals surface area contributed by atoms with Gasteiger partial charge in [-0.3, -0.25) is 14.5 Å². The van der Waals surface area contributed by atoms with Crippen LogP contribution in [0.4, 0.5) is 4.39 Å². The third-order valence-corrected chi connectivity index (χ3v) is 3.41. The zero-order valence-electron chi connectivity index (χ0n) is 11.7. The van der Waals surface area contributed by atoms with Gasteiger partial charge in [0.25, 0.3) is 5.56 Å². The molecule has 0 aliphatic heterocycles. The molecule has 0 amide bonds. The Morgan fingerprint density at radius 2 is 2.00 bits per heavy atom. The molecule has 0 fully saturated rings. The predicted octanol–water partition coefficient (Wildman–Crippen LogP) is 2.98. The Balaban J connectivity index is 2.20. The summed E-state index contributed by atoms with van der Waals surface area (Å²) in [7, 11) is 0. The second-order valence-corrected chi connectivity index (χ2v) is 4.91. The highest BCUT2D eigenvalue weighted by Gasteiger charge is 2.11. The van der Waals surface area contributed by atoms with Crippen molar-refractivity contribution in [3.63, 3.8) is 0 Å². The summed E-state index contributed by atoms with van der Waals surface area (Å²) in [5.41, 5.74) is 3.90. The van der Waals surface area contributed by atoms with Gasteiger partial charge in [-0.2, -0.15) is 5.10 Å². The summed E-state index contributed by atoms with van der Waals surface area (Å²) in [5.74, 6) is -0.375. The first kappa shape index (κ1) is 13.3. The van der Waals surface area contributed by atoms with Crippen LogP contribution in [0.25, 0.3) is 16.8 Å². The Hall–Kier alpha value is -2.69. The van der Waals surface area contributed by atoms with Crippen LogP contribution in [0.2, 0.25) is 0 Å². The lowest BCUT2D eigenvalue weighted by Crippen LogP contribution is -2.16. The molecule has 0 atom stereocenters. The molecule has 3 aromatic rings. The van der Waals surface area contributed by atoms with Crippen molar-refractivity contribution < 1.29 is 4.39 Å². The standard InChI is InChI=1S/C16H14FN3O/c1-10-16(11(2)19-18-10)12-6-7-15(21)20(9-12)14-5-3-4-13(17)8-14/h3-9H,1-2H3,(H,18,19). The Kier molecular flexibility index (Phi) is 3.17. The number of nitrogens with zero attached hydrogens (tertiary/aromatic N) is 2. The molecule has 0 aliphatic carbocycles. The monoisotopic (exact) mass is 283 g/mol. The SMILES string of the molecule is Cc1n[nH]c(C)c1-c1ccc(=O)n(-c2cccc(F)c2)c1. The number of aromatic amines is 1. The molecule has 106 valence electrons. The summed E-state index contributed by atoms with van der Waals surface area (Å²) in [4.78, 5) is 12.0. The third-order valence-electron chi connectivity index (χ3n) is 3.41.